The van der Waals surface area contributed by atoms with Crippen LogP contribution in [-0.2, 0) is 6.18 Å². The van der Waals surface area contributed by atoms with Crippen LogP contribution in [0.2, 0.25) is 0 Å². The van der Waals surface area contributed by atoms with Gasteiger partial charge in [0.05, 0.1) is 0 Å². The number of alkyl halides is 3. The first-order valence-electron chi connectivity index (χ1n) is 6.14. The summed E-state index contributed by atoms with van der Waals surface area (Å²) in [6.45, 7) is 1.82. The highest BCUT2D eigenvalue weighted by atomic mass is 19.4. The minimum absolute atomic E-state index is 0.0432. The third-order valence-corrected chi connectivity index (χ3v) is 2.81. The maximum atomic E-state index is 12.8. The molecule has 0 spiro atoms. The number of nitrogen functional groups attached to an aromatic ring is 1. The fourth-order valence-electron chi connectivity index (χ4n) is 1.78. The van der Waals surface area contributed by atoms with Crippen LogP contribution < -0.4 is 16.6 Å². The van der Waals surface area contributed by atoms with Crippen LogP contribution in [0.25, 0.3) is 0 Å². The Bertz CT molecular complexity index is 601. The number of rotatable bonds is 4. The Kier molecular flexibility index (Phi) is 4.27. The first-order chi connectivity index (χ1) is 9.90. The number of nitrogens with zero attached hydrogens (tertiary/aromatic N) is 2. The molecule has 2 aromatic rings. The highest BCUT2D eigenvalue weighted by molar-refractivity contribution is 5.44. The molecule has 4 N–H and O–H groups in total. The molecule has 5 nitrogen and oxygen atoms in total. The van der Waals surface area contributed by atoms with Gasteiger partial charge in [0.1, 0.15) is 5.82 Å². The van der Waals surface area contributed by atoms with E-state index >= 15 is 0 Å². The number of benzene rings is 1. The van der Waals surface area contributed by atoms with Crippen LogP contribution in [0.4, 0.5) is 24.9 Å². The first-order valence-corrected chi connectivity index (χ1v) is 6.14. The topological polar surface area (TPSA) is 75.9 Å². The van der Waals surface area contributed by atoms with Crippen molar-refractivity contribution in [3.63, 3.8) is 0 Å². The number of nitrogens with two attached hydrogens (primary N) is 1. The standard InChI is InChI=1S/C13H14F3N5/c1-8(9-5-3-2-4-6-9)18-11-7-10(13(14,15)16)19-12(20-11)21-17/h2-8H,17H2,1H3,(H2,18,19,20,21). The van der Waals surface area contributed by atoms with Gasteiger partial charge >= 0.3 is 6.18 Å². The quantitative estimate of drug-likeness (QED) is 0.597. The fourth-order valence-corrected chi connectivity index (χ4v) is 1.78. The van der Waals surface area contributed by atoms with Crippen LogP contribution in [-0.4, -0.2) is 9.97 Å². The average Bonchev–Trinajstić information content (AvgIpc) is 2.46. The SMILES string of the molecule is CC(Nc1cc(C(F)(F)F)nc(NN)n1)c1ccccc1. The lowest BCUT2D eigenvalue weighted by Crippen LogP contribution is -2.17. The second kappa shape index (κ2) is 5.96. The van der Waals surface area contributed by atoms with Crippen LogP contribution in [0.15, 0.2) is 36.4 Å². The van der Waals surface area contributed by atoms with Gasteiger partial charge in [0, 0.05) is 12.1 Å². The highest BCUT2D eigenvalue weighted by Gasteiger charge is 2.33. The lowest BCUT2D eigenvalue weighted by atomic mass is 10.1. The lowest BCUT2D eigenvalue weighted by Gasteiger charge is -2.16. The summed E-state index contributed by atoms with van der Waals surface area (Å²) in [6.07, 6.45) is -4.57. The number of halogens is 3. The van der Waals surface area contributed by atoms with E-state index in [2.05, 4.69) is 15.3 Å². The number of hydrogen-bond donors (Lipinski definition) is 3. The second-order valence-electron chi connectivity index (χ2n) is 4.38. The number of anilines is 2. The van der Waals surface area contributed by atoms with Gasteiger partial charge in [-0.2, -0.15) is 18.2 Å². The molecule has 112 valence electrons. The van der Waals surface area contributed by atoms with E-state index in [1.165, 1.54) is 0 Å². The van der Waals surface area contributed by atoms with E-state index in [-0.39, 0.29) is 17.8 Å². The summed E-state index contributed by atoms with van der Waals surface area (Å²) in [4.78, 5) is 7.16. The summed E-state index contributed by atoms with van der Waals surface area (Å²) >= 11 is 0. The molecule has 1 aromatic heterocycles. The molecule has 21 heavy (non-hydrogen) atoms. The van der Waals surface area contributed by atoms with Crippen LogP contribution in [0.1, 0.15) is 24.2 Å². The predicted molar refractivity (Wildman–Crippen MR) is 73.3 cm³/mol. The molecule has 0 aliphatic carbocycles. The van der Waals surface area contributed by atoms with Gasteiger partial charge in [0.25, 0.3) is 0 Å². The van der Waals surface area contributed by atoms with E-state index in [0.29, 0.717) is 0 Å². The molecule has 0 amide bonds. The second-order valence-corrected chi connectivity index (χ2v) is 4.38. The molecule has 0 radical (unpaired) electrons. The fraction of sp³-hybridized carbons (Fsp3) is 0.231. The minimum Gasteiger partial charge on any atom is -0.363 e. The van der Waals surface area contributed by atoms with Gasteiger partial charge in [-0.1, -0.05) is 30.3 Å². The highest BCUT2D eigenvalue weighted by Crippen LogP contribution is 2.30. The molecule has 1 unspecified atom stereocenters. The van der Waals surface area contributed by atoms with Crippen molar-refractivity contribution in [2.75, 3.05) is 10.7 Å². The molecule has 1 aromatic carbocycles. The molecule has 0 saturated heterocycles. The zero-order valence-corrected chi connectivity index (χ0v) is 11.1. The van der Waals surface area contributed by atoms with Gasteiger partial charge in [0.15, 0.2) is 5.69 Å². The van der Waals surface area contributed by atoms with Crippen LogP contribution in [0.5, 0.6) is 0 Å². The molecule has 0 aliphatic rings. The minimum atomic E-state index is -4.57. The summed E-state index contributed by atoms with van der Waals surface area (Å²) in [5.74, 6) is 4.85. The van der Waals surface area contributed by atoms with Gasteiger partial charge in [-0.05, 0) is 12.5 Å². The molecule has 1 heterocycles. The van der Waals surface area contributed by atoms with E-state index in [4.69, 9.17) is 5.84 Å². The summed E-state index contributed by atoms with van der Waals surface area (Å²) < 4.78 is 38.3. The Morgan fingerprint density at radius 3 is 2.38 bits per heavy atom. The Labute approximate surface area is 119 Å². The van der Waals surface area contributed by atoms with E-state index in [9.17, 15) is 13.2 Å². The van der Waals surface area contributed by atoms with Crippen molar-refractivity contribution in [2.45, 2.75) is 19.1 Å². The monoisotopic (exact) mass is 297 g/mol. The normalized spacial score (nSPS) is 12.8. The summed E-state index contributed by atoms with van der Waals surface area (Å²) in [7, 11) is 0. The number of nitrogens with one attached hydrogen (secondary N) is 2. The molecule has 2 rings (SSSR count). The number of aromatic nitrogens is 2. The van der Waals surface area contributed by atoms with Crippen molar-refractivity contribution in [3.05, 3.63) is 47.7 Å². The Hall–Kier alpha value is -2.35. The molecular weight excluding hydrogens is 283 g/mol. The van der Waals surface area contributed by atoms with Gasteiger partial charge in [-0.15, -0.1) is 0 Å². The number of hydrogen-bond acceptors (Lipinski definition) is 5. The zero-order chi connectivity index (χ0) is 15.5. The van der Waals surface area contributed by atoms with E-state index in [1.54, 1.807) is 0 Å². The summed E-state index contributed by atoms with van der Waals surface area (Å²) in [6, 6.07) is 9.92. The third-order valence-electron chi connectivity index (χ3n) is 2.81. The van der Waals surface area contributed by atoms with Gasteiger partial charge in [-0.25, -0.2) is 10.8 Å². The van der Waals surface area contributed by atoms with Gasteiger partial charge < -0.3 is 5.32 Å². The Balaban J connectivity index is 2.27. The van der Waals surface area contributed by atoms with Crippen LogP contribution in [0.3, 0.4) is 0 Å². The molecule has 0 aliphatic heterocycles. The Morgan fingerprint density at radius 2 is 1.81 bits per heavy atom. The smallest absolute Gasteiger partial charge is 0.363 e. The van der Waals surface area contributed by atoms with E-state index in [1.807, 2.05) is 42.7 Å². The largest absolute Gasteiger partial charge is 0.433 e. The maximum absolute atomic E-state index is 12.8. The van der Waals surface area contributed by atoms with E-state index in [0.717, 1.165) is 11.6 Å². The first kappa shape index (κ1) is 15.0. The van der Waals surface area contributed by atoms with Crippen molar-refractivity contribution in [3.8, 4) is 0 Å². The Morgan fingerprint density at radius 1 is 1.14 bits per heavy atom. The molecule has 0 bridgehead atoms. The predicted octanol–water partition coefficient (Wildman–Crippen LogP) is 2.95. The average molecular weight is 297 g/mol. The van der Waals surface area contributed by atoms with Crippen molar-refractivity contribution in [1.82, 2.24) is 9.97 Å². The van der Waals surface area contributed by atoms with Crippen molar-refractivity contribution in [1.29, 1.82) is 0 Å². The molecule has 0 fully saturated rings. The maximum Gasteiger partial charge on any atom is 0.433 e. The number of hydrazine groups is 1. The van der Waals surface area contributed by atoms with E-state index < -0.39 is 11.9 Å². The molecule has 0 saturated carbocycles. The lowest BCUT2D eigenvalue weighted by molar-refractivity contribution is -0.141. The third kappa shape index (κ3) is 3.82. The summed E-state index contributed by atoms with van der Waals surface area (Å²) in [5, 5.41) is 2.90. The van der Waals surface area contributed by atoms with Gasteiger partial charge in [-0.3, -0.25) is 5.43 Å². The summed E-state index contributed by atoms with van der Waals surface area (Å²) in [5.41, 5.74) is 1.89. The molecule has 8 heteroatoms. The zero-order valence-electron chi connectivity index (χ0n) is 11.1. The van der Waals surface area contributed by atoms with Crippen molar-refractivity contribution >= 4 is 11.8 Å². The van der Waals surface area contributed by atoms with Crippen molar-refractivity contribution < 1.29 is 13.2 Å². The molecular formula is C13H14F3N5. The molecule has 1 atom stereocenters. The van der Waals surface area contributed by atoms with Crippen LogP contribution in [0, 0.1) is 0 Å². The van der Waals surface area contributed by atoms with Gasteiger partial charge in [0.2, 0.25) is 5.95 Å². The van der Waals surface area contributed by atoms with Crippen molar-refractivity contribution in [2.24, 2.45) is 5.84 Å². The van der Waals surface area contributed by atoms with Crippen LogP contribution >= 0.6 is 0 Å².